The Morgan fingerprint density at radius 2 is 1.93 bits per heavy atom. The third kappa shape index (κ3) is 4.38. The third-order valence-corrected chi connectivity index (χ3v) is 5.81. The van der Waals surface area contributed by atoms with Crippen LogP contribution in [0.5, 0.6) is 0 Å². The summed E-state index contributed by atoms with van der Waals surface area (Å²) in [5.74, 6) is -0.321. The highest BCUT2D eigenvalue weighted by Crippen LogP contribution is 2.28. The molecular weight excluding hydrogens is 405 g/mol. The van der Waals surface area contributed by atoms with Crippen LogP contribution in [0.3, 0.4) is 0 Å². The Morgan fingerprint density at radius 1 is 1.17 bits per heavy atom. The summed E-state index contributed by atoms with van der Waals surface area (Å²) in [4.78, 5) is 13.2. The molecule has 0 aliphatic carbocycles. The van der Waals surface area contributed by atoms with Crippen LogP contribution in [0.2, 0.25) is 10.0 Å². The molecule has 1 amide bonds. The SMILES string of the molecule is CCc1c(C#N)cc2ccccc2c1C(=O)NCC(CN)c1ccc(Cl)c(Cl)c1. The van der Waals surface area contributed by atoms with E-state index in [1.165, 1.54) is 0 Å². The van der Waals surface area contributed by atoms with Gasteiger partial charge in [0, 0.05) is 19.0 Å². The van der Waals surface area contributed by atoms with E-state index in [1.54, 1.807) is 12.1 Å². The van der Waals surface area contributed by atoms with Crippen molar-refractivity contribution in [2.45, 2.75) is 19.3 Å². The average molecular weight is 426 g/mol. The number of nitrogens with zero attached hydrogens (tertiary/aromatic N) is 1. The van der Waals surface area contributed by atoms with E-state index in [4.69, 9.17) is 28.9 Å². The first-order valence-electron chi connectivity index (χ1n) is 9.38. The lowest BCUT2D eigenvalue weighted by Crippen LogP contribution is -2.32. The second-order valence-electron chi connectivity index (χ2n) is 6.78. The van der Waals surface area contributed by atoms with Crippen molar-refractivity contribution in [2.75, 3.05) is 13.1 Å². The molecule has 1 unspecified atom stereocenters. The van der Waals surface area contributed by atoms with Gasteiger partial charge in [0.2, 0.25) is 0 Å². The predicted molar refractivity (Wildman–Crippen MR) is 119 cm³/mol. The fourth-order valence-corrected chi connectivity index (χ4v) is 3.83. The van der Waals surface area contributed by atoms with E-state index in [9.17, 15) is 10.1 Å². The first-order chi connectivity index (χ1) is 14.0. The van der Waals surface area contributed by atoms with Crippen LogP contribution in [-0.4, -0.2) is 19.0 Å². The largest absolute Gasteiger partial charge is 0.351 e. The molecular formula is C23H21Cl2N3O. The lowest BCUT2D eigenvalue weighted by molar-refractivity contribution is 0.0952. The minimum absolute atomic E-state index is 0.107. The van der Waals surface area contributed by atoms with E-state index in [1.807, 2.05) is 43.3 Å². The smallest absolute Gasteiger partial charge is 0.252 e. The zero-order chi connectivity index (χ0) is 21.0. The fraction of sp³-hybridized carbons (Fsp3) is 0.217. The molecule has 0 saturated carbocycles. The maximum absolute atomic E-state index is 13.2. The third-order valence-electron chi connectivity index (χ3n) is 5.07. The lowest BCUT2D eigenvalue weighted by atomic mass is 9.92. The molecule has 0 aliphatic heterocycles. The minimum Gasteiger partial charge on any atom is -0.351 e. The molecule has 0 aromatic heterocycles. The van der Waals surface area contributed by atoms with Crippen molar-refractivity contribution in [3.63, 3.8) is 0 Å². The van der Waals surface area contributed by atoms with Crippen LogP contribution in [0.15, 0.2) is 48.5 Å². The van der Waals surface area contributed by atoms with Gasteiger partial charge in [0.1, 0.15) is 0 Å². The summed E-state index contributed by atoms with van der Waals surface area (Å²) in [6.07, 6.45) is 0.587. The monoisotopic (exact) mass is 425 g/mol. The quantitative estimate of drug-likeness (QED) is 0.579. The molecule has 148 valence electrons. The molecule has 3 N–H and O–H groups in total. The standard InChI is InChI=1S/C23H21Cl2N3O/c1-2-18-16(11-26)9-15-5-3-4-6-19(15)22(18)23(29)28-13-17(12-27)14-7-8-20(24)21(25)10-14/h3-10,17H,2,12-13,27H2,1H3,(H,28,29). The van der Waals surface area contributed by atoms with Crippen LogP contribution in [0.1, 0.15) is 39.9 Å². The maximum Gasteiger partial charge on any atom is 0.252 e. The number of nitrogens with one attached hydrogen (secondary N) is 1. The molecule has 6 heteroatoms. The Labute approximate surface area is 180 Å². The van der Waals surface area contributed by atoms with E-state index in [0.29, 0.717) is 40.7 Å². The number of nitriles is 1. The first-order valence-corrected chi connectivity index (χ1v) is 10.1. The van der Waals surface area contributed by atoms with Crippen LogP contribution in [0, 0.1) is 11.3 Å². The van der Waals surface area contributed by atoms with Gasteiger partial charge in [0.25, 0.3) is 5.91 Å². The van der Waals surface area contributed by atoms with Gasteiger partial charge >= 0.3 is 0 Å². The summed E-state index contributed by atoms with van der Waals surface area (Å²) in [5.41, 5.74) is 8.68. The Morgan fingerprint density at radius 3 is 2.59 bits per heavy atom. The number of rotatable bonds is 6. The molecule has 0 radical (unpaired) electrons. The topological polar surface area (TPSA) is 78.9 Å². The molecule has 0 aliphatic rings. The van der Waals surface area contributed by atoms with Gasteiger partial charge in [-0.3, -0.25) is 4.79 Å². The average Bonchev–Trinajstić information content (AvgIpc) is 2.74. The number of hydrogen-bond donors (Lipinski definition) is 2. The van der Waals surface area contributed by atoms with Gasteiger partial charge in [0.05, 0.1) is 27.2 Å². The molecule has 3 aromatic carbocycles. The number of halogens is 2. The summed E-state index contributed by atoms with van der Waals surface area (Å²) in [5, 5.41) is 15.2. The number of fused-ring (bicyclic) bond motifs is 1. The highest BCUT2D eigenvalue weighted by atomic mass is 35.5. The highest BCUT2D eigenvalue weighted by molar-refractivity contribution is 6.42. The van der Waals surface area contributed by atoms with Crippen LogP contribution in [0.4, 0.5) is 0 Å². The molecule has 0 spiro atoms. The molecule has 1 atom stereocenters. The van der Waals surface area contributed by atoms with Gasteiger partial charge in [-0.15, -0.1) is 0 Å². The van der Waals surface area contributed by atoms with Gasteiger partial charge in [-0.1, -0.05) is 60.5 Å². The second-order valence-corrected chi connectivity index (χ2v) is 7.59. The van der Waals surface area contributed by atoms with E-state index in [-0.39, 0.29) is 11.8 Å². The summed E-state index contributed by atoms with van der Waals surface area (Å²) < 4.78 is 0. The van der Waals surface area contributed by atoms with E-state index in [0.717, 1.165) is 21.9 Å². The Bertz CT molecular complexity index is 1110. The van der Waals surface area contributed by atoms with E-state index >= 15 is 0 Å². The number of carbonyl (C=O) groups is 1. The van der Waals surface area contributed by atoms with E-state index in [2.05, 4.69) is 11.4 Å². The number of carbonyl (C=O) groups excluding carboxylic acids is 1. The van der Waals surface area contributed by atoms with Gasteiger partial charge in [-0.2, -0.15) is 5.26 Å². The van der Waals surface area contributed by atoms with Crippen molar-refractivity contribution in [3.05, 3.63) is 80.8 Å². The minimum atomic E-state index is -0.214. The van der Waals surface area contributed by atoms with Crippen molar-refractivity contribution >= 4 is 39.9 Å². The zero-order valence-electron chi connectivity index (χ0n) is 16.0. The lowest BCUT2D eigenvalue weighted by Gasteiger charge is -2.19. The van der Waals surface area contributed by atoms with Crippen LogP contribution < -0.4 is 11.1 Å². The summed E-state index contributed by atoms with van der Waals surface area (Å²) >= 11 is 12.1. The fourth-order valence-electron chi connectivity index (χ4n) is 3.52. The first kappa shape index (κ1) is 21.1. The van der Waals surface area contributed by atoms with Crippen molar-refractivity contribution in [2.24, 2.45) is 5.73 Å². The Kier molecular flexibility index (Phi) is 6.76. The highest BCUT2D eigenvalue weighted by Gasteiger charge is 2.20. The van der Waals surface area contributed by atoms with E-state index < -0.39 is 0 Å². The molecule has 0 bridgehead atoms. The second kappa shape index (κ2) is 9.28. The Hall–Kier alpha value is -2.58. The van der Waals surface area contributed by atoms with Gasteiger partial charge in [-0.25, -0.2) is 0 Å². The molecule has 0 saturated heterocycles. The van der Waals surface area contributed by atoms with Crippen LogP contribution in [0.25, 0.3) is 10.8 Å². The zero-order valence-corrected chi connectivity index (χ0v) is 17.5. The van der Waals surface area contributed by atoms with Crippen molar-refractivity contribution in [1.29, 1.82) is 5.26 Å². The summed E-state index contributed by atoms with van der Waals surface area (Å²) in [6.45, 7) is 2.64. The molecule has 3 rings (SSSR count). The normalized spacial score (nSPS) is 11.8. The number of hydrogen-bond acceptors (Lipinski definition) is 3. The predicted octanol–water partition coefficient (Wildman–Crippen LogP) is 5.05. The van der Waals surface area contributed by atoms with Gasteiger partial charge in [-0.05, 0) is 46.5 Å². The van der Waals surface area contributed by atoms with Crippen LogP contribution >= 0.6 is 23.2 Å². The maximum atomic E-state index is 13.2. The van der Waals surface area contributed by atoms with Crippen LogP contribution in [-0.2, 0) is 6.42 Å². The van der Waals surface area contributed by atoms with Crippen molar-refractivity contribution in [1.82, 2.24) is 5.32 Å². The molecule has 4 nitrogen and oxygen atoms in total. The number of benzene rings is 3. The summed E-state index contributed by atoms with van der Waals surface area (Å²) in [7, 11) is 0. The Balaban J connectivity index is 1.93. The van der Waals surface area contributed by atoms with Gasteiger partial charge in [0.15, 0.2) is 0 Å². The molecule has 0 heterocycles. The molecule has 29 heavy (non-hydrogen) atoms. The molecule has 3 aromatic rings. The van der Waals surface area contributed by atoms with Gasteiger partial charge < -0.3 is 11.1 Å². The number of nitrogens with two attached hydrogens (primary N) is 1. The van der Waals surface area contributed by atoms with Crippen molar-refractivity contribution < 1.29 is 4.79 Å². The molecule has 0 fully saturated rings. The summed E-state index contributed by atoms with van der Waals surface area (Å²) in [6, 6.07) is 17.0. The number of amides is 1. The van der Waals surface area contributed by atoms with Crippen molar-refractivity contribution in [3.8, 4) is 6.07 Å².